The molecule has 0 aromatic rings. The van der Waals surface area contributed by atoms with Crippen molar-refractivity contribution in [2.45, 2.75) is 52.9 Å². The highest BCUT2D eigenvalue weighted by Crippen LogP contribution is 2.08. The number of carbonyl (C=O) groups is 1. The molecule has 0 heterocycles. The van der Waals surface area contributed by atoms with Crippen LogP contribution in [0, 0.1) is 0 Å². The molecule has 0 fully saturated rings. The van der Waals surface area contributed by atoms with Crippen LogP contribution in [0.2, 0.25) is 19.6 Å². The lowest BCUT2D eigenvalue weighted by molar-refractivity contribution is -0.134. The van der Waals surface area contributed by atoms with Crippen LogP contribution in [0.25, 0.3) is 0 Å². The van der Waals surface area contributed by atoms with Gasteiger partial charge in [-0.3, -0.25) is 4.79 Å². The van der Waals surface area contributed by atoms with Gasteiger partial charge < -0.3 is 14.6 Å². The Kier molecular flexibility index (Phi) is 9.18. The van der Waals surface area contributed by atoms with Crippen LogP contribution in [0.1, 0.15) is 27.2 Å². The molecule has 0 aliphatic heterocycles. The molecule has 5 heteroatoms. The molecule has 0 unspecified atom stereocenters. The van der Waals surface area contributed by atoms with E-state index in [4.69, 9.17) is 19.4 Å². The summed E-state index contributed by atoms with van der Waals surface area (Å²) < 4.78 is 5.56. The zero-order chi connectivity index (χ0) is 13.4. The van der Waals surface area contributed by atoms with Crippen molar-refractivity contribution in [3.63, 3.8) is 0 Å². The number of aliphatic carboxylic acids is 1. The number of carboxylic acids is 1. The molecule has 4 nitrogen and oxygen atoms in total. The third-order valence-electron chi connectivity index (χ3n) is 1.23. The first kappa shape index (κ1) is 17.6. The normalized spacial score (nSPS) is 13.6. The Morgan fingerprint density at radius 3 is 2.00 bits per heavy atom. The van der Waals surface area contributed by atoms with E-state index in [0.29, 0.717) is 6.42 Å². The second-order valence-corrected chi connectivity index (χ2v) is 9.23. The van der Waals surface area contributed by atoms with Crippen LogP contribution in [-0.4, -0.2) is 30.6 Å². The highest BCUT2D eigenvalue weighted by atomic mass is 28.4. The van der Waals surface area contributed by atoms with Gasteiger partial charge in [0.05, 0.1) is 12.4 Å². The average molecular weight is 248 g/mol. The topological polar surface area (TPSA) is 66.8 Å². The fourth-order valence-electron chi connectivity index (χ4n) is 0.791. The Morgan fingerprint density at radius 1 is 1.38 bits per heavy atom. The lowest BCUT2D eigenvalue weighted by atomic mass is 10.2. The van der Waals surface area contributed by atoms with E-state index in [2.05, 4.69) is 19.6 Å². The number of aliphatic hydroxyl groups excluding tert-OH is 1. The quantitative estimate of drug-likeness (QED) is 0.593. The number of carboxylic acid groups (broad SMARTS) is 1. The van der Waals surface area contributed by atoms with Crippen molar-refractivity contribution < 1.29 is 19.4 Å². The highest BCUT2D eigenvalue weighted by Gasteiger charge is 2.13. The molecule has 0 aromatic carbocycles. The van der Waals surface area contributed by atoms with Crippen LogP contribution in [-0.2, 0) is 9.22 Å². The average Bonchev–Trinajstić information content (AvgIpc) is 1.97. The van der Waals surface area contributed by atoms with E-state index in [0.717, 1.165) is 12.5 Å². The summed E-state index contributed by atoms with van der Waals surface area (Å²) in [6, 6.07) is 0. The largest absolute Gasteiger partial charge is 0.550 e. The minimum atomic E-state index is -1.43. The monoisotopic (exact) mass is 248 g/mol. The Morgan fingerprint density at radius 2 is 1.75 bits per heavy atom. The minimum absolute atomic E-state index is 0.272. The predicted octanol–water partition coefficient (Wildman–Crippen LogP) is 2.60. The zero-order valence-corrected chi connectivity index (χ0v) is 12.1. The Hall–Kier alpha value is -0.813. The van der Waals surface area contributed by atoms with Crippen LogP contribution >= 0.6 is 0 Å². The van der Waals surface area contributed by atoms with Gasteiger partial charge in [-0.05, 0) is 45.5 Å². The standard InChI is InChI=1S/C9H20O2Si.C2H4O2/c1-8(6-9(2)10)7-11-12(3,4)5;1-2(3)4/h7,9-10H,6H2,1-5H3;1H3,(H,3,4)/t9-;/m1./s1. The predicted molar refractivity (Wildman–Crippen MR) is 67.8 cm³/mol. The van der Waals surface area contributed by atoms with Crippen LogP contribution in [0.3, 0.4) is 0 Å². The molecule has 0 aromatic heterocycles. The van der Waals surface area contributed by atoms with Gasteiger partial charge in [0.2, 0.25) is 8.32 Å². The summed E-state index contributed by atoms with van der Waals surface area (Å²) in [5.74, 6) is -0.833. The van der Waals surface area contributed by atoms with Gasteiger partial charge in [0.15, 0.2) is 0 Å². The van der Waals surface area contributed by atoms with Gasteiger partial charge >= 0.3 is 0 Å². The summed E-state index contributed by atoms with van der Waals surface area (Å²) in [7, 11) is -1.43. The van der Waals surface area contributed by atoms with Crippen LogP contribution in [0.5, 0.6) is 0 Å². The Balaban J connectivity index is 0. The highest BCUT2D eigenvalue weighted by molar-refractivity contribution is 6.69. The Labute approximate surface area is 99.1 Å². The van der Waals surface area contributed by atoms with E-state index in [1.54, 1.807) is 13.2 Å². The maximum Gasteiger partial charge on any atom is 0.300 e. The van der Waals surface area contributed by atoms with E-state index >= 15 is 0 Å². The molecular weight excluding hydrogens is 224 g/mol. The first-order valence-corrected chi connectivity index (χ1v) is 8.66. The van der Waals surface area contributed by atoms with Gasteiger partial charge in [-0.2, -0.15) is 0 Å². The maximum absolute atomic E-state index is 9.07. The van der Waals surface area contributed by atoms with E-state index in [1.807, 2.05) is 6.92 Å². The van der Waals surface area contributed by atoms with Crippen molar-refractivity contribution in [1.29, 1.82) is 0 Å². The van der Waals surface area contributed by atoms with Gasteiger partial charge in [0.25, 0.3) is 5.97 Å². The molecule has 0 saturated carbocycles. The fourth-order valence-corrected chi connectivity index (χ4v) is 1.35. The van der Waals surface area contributed by atoms with E-state index in [-0.39, 0.29) is 6.10 Å². The molecule has 2 N–H and O–H groups in total. The molecule has 0 aliphatic rings. The lowest BCUT2D eigenvalue weighted by Gasteiger charge is -2.16. The first-order valence-electron chi connectivity index (χ1n) is 5.25. The summed E-state index contributed by atoms with van der Waals surface area (Å²) in [6.45, 7) is 11.3. The molecule has 0 bridgehead atoms. The Bertz CT molecular complexity index is 225. The number of rotatable bonds is 4. The van der Waals surface area contributed by atoms with Gasteiger partial charge in [0, 0.05) is 6.92 Å². The minimum Gasteiger partial charge on any atom is -0.550 e. The molecule has 0 amide bonds. The van der Waals surface area contributed by atoms with Crippen molar-refractivity contribution in [2.24, 2.45) is 0 Å². The third kappa shape index (κ3) is 23.2. The number of aliphatic hydroxyl groups is 1. The van der Waals surface area contributed by atoms with Crippen molar-refractivity contribution in [3.05, 3.63) is 11.8 Å². The van der Waals surface area contributed by atoms with Gasteiger partial charge in [-0.1, -0.05) is 0 Å². The van der Waals surface area contributed by atoms with E-state index in [1.165, 1.54) is 0 Å². The number of hydrogen-bond donors (Lipinski definition) is 2. The summed E-state index contributed by atoms with van der Waals surface area (Å²) in [5.41, 5.74) is 1.10. The maximum atomic E-state index is 9.07. The van der Waals surface area contributed by atoms with Crippen molar-refractivity contribution in [1.82, 2.24) is 0 Å². The molecule has 0 rings (SSSR count). The van der Waals surface area contributed by atoms with Gasteiger partial charge in [-0.25, -0.2) is 0 Å². The number of hydrogen-bond acceptors (Lipinski definition) is 3. The van der Waals surface area contributed by atoms with Gasteiger partial charge in [-0.15, -0.1) is 0 Å². The molecular formula is C11H24O4Si. The summed E-state index contributed by atoms with van der Waals surface area (Å²) in [4.78, 5) is 9.00. The van der Waals surface area contributed by atoms with Crippen molar-refractivity contribution >= 4 is 14.3 Å². The molecule has 1 atom stereocenters. The molecule has 96 valence electrons. The molecule has 0 spiro atoms. The molecule has 0 aliphatic carbocycles. The summed E-state index contributed by atoms with van der Waals surface area (Å²) >= 11 is 0. The second-order valence-electron chi connectivity index (χ2n) is 4.77. The SMILES string of the molecule is CC(=CO[Si](C)(C)C)C[C@@H](C)O.CC(=O)O. The molecule has 16 heavy (non-hydrogen) atoms. The molecule has 0 radical (unpaired) electrons. The molecule has 0 saturated heterocycles. The third-order valence-corrected chi connectivity index (χ3v) is 2.06. The lowest BCUT2D eigenvalue weighted by Crippen LogP contribution is -2.22. The van der Waals surface area contributed by atoms with E-state index < -0.39 is 14.3 Å². The van der Waals surface area contributed by atoms with Crippen molar-refractivity contribution in [3.8, 4) is 0 Å². The summed E-state index contributed by atoms with van der Waals surface area (Å²) in [5, 5.41) is 16.5. The van der Waals surface area contributed by atoms with Crippen molar-refractivity contribution in [2.75, 3.05) is 0 Å². The smallest absolute Gasteiger partial charge is 0.300 e. The van der Waals surface area contributed by atoms with Crippen LogP contribution in [0.15, 0.2) is 11.8 Å². The van der Waals surface area contributed by atoms with Gasteiger partial charge in [0.1, 0.15) is 0 Å². The second kappa shape index (κ2) is 8.35. The van der Waals surface area contributed by atoms with Crippen LogP contribution in [0.4, 0.5) is 0 Å². The van der Waals surface area contributed by atoms with Crippen LogP contribution < -0.4 is 0 Å². The fraction of sp³-hybridized carbons (Fsp3) is 0.727. The first-order chi connectivity index (χ1) is 7.04. The summed E-state index contributed by atoms with van der Waals surface area (Å²) in [6.07, 6.45) is 2.22. The van der Waals surface area contributed by atoms with E-state index in [9.17, 15) is 0 Å². The zero-order valence-electron chi connectivity index (χ0n) is 11.1.